The molecule has 0 unspecified atom stereocenters. The van der Waals surface area contributed by atoms with E-state index in [1.807, 2.05) is 6.92 Å². The van der Waals surface area contributed by atoms with Gasteiger partial charge < -0.3 is 9.64 Å². The van der Waals surface area contributed by atoms with Gasteiger partial charge in [0, 0.05) is 13.1 Å². The number of amides is 1. The molecule has 3 nitrogen and oxygen atoms in total. The summed E-state index contributed by atoms with van der Waals surface area (Å²) in [6.07, 6.45) is 3.48. The molecule has 2 rings (SSSR count). The van der Waals surface area contributed by atoms with E-state index in [1.54, 1.807) is 4.90 Å². The molecule has 0 saturated carbocycles. The minimum atomic E-state index is -0.358. The summed E-state index contributed by atoms with van der Waals surface area (Å²) < 4.78 is 44.3. The van der Waals surface area contributed by atoms with Crippen molar-refractivity contribution in [1.29, 1.82) is 0 Å². The van der Waals surface area contributed by atoms with E-state index in [9.17, 15) is 4.79 Å². The van der Waals surface area contributed by atoms with Crippen LogP contribution in [0.5, 0.6) is 0 Å². The Kier molecular flexibility index (Phi) is 3.74. The van der Waals surface area contributed by atoms with Gasteiger partial charge in [-0.3, -0.25) is 0 Å². The number of ether oxygens (including phenoxy) is 1. The molecule has 0 radical (unpaired) electrons. The van der Waals surface area contributed by atoms with Crippen LogP contribution < -0.4 is 0 Å². The summed E-state index contributed by atoms with van der Waals surface area (Å²) in [5.74, 6) is 0.197. The number of piperidine rings is 1. The normalized spacial score (nSPS) is 19.6. The number of unbranched alkanes of at least 4 members (excludes halogenated alkanes) is 1. The molecule has 3 heteroatoms. The van der Waals surface area contributed by atoms with Crippen LogP contribution in [0.25, 0.3) is 0 Å². The van der Waals surface area contributed by atoms with Gasteiger partial charge in [0.1, 0.15) is 0 Å². The number of hydrogen-bond acceptors (Lipinski definition) is 2. The first-order valence-corrected chi connectivity index (χ1v) is 7.34. The number of carbonyl (C=O) groups excluding carboxylic acids is 1. The fourth-order valence-electron chi connectivity index (χ4n) is 2.38. The topological polar surface area (TPSA) is 29.5 Å². The molecule has 1 amide bonds. The average molecular weight is 280 g/mol. The molecule has 1 heterocycles. The van der Waals surface area contributed by atoms with Gasteiger partial charge in [-0.05, 0) is 37.2 Å². The molecular weight excluding hydrogens is 250 g/mol. The zero-order valence-corrected chi connectivity index (χ0v) is 12.0. The molecule has 0 bridgehead atoms. The number of rotatable bonds is 5. The minimum absolute atomic E-state index is 0.118. The molecule has 0 aromatic heterocycles. The molecule has 0 N–H and O–H groups in total. The molecule has 0 atom stereocenters. The molecule has 1 saturated heterocycles. The maximum Gasteiger partial charge on any atom is 0.409 e. The van der Waals surface area contributed by atoms with E-state index >= 15 is 0 Å². The Bertz CT molecular complexity index is 601. The molecule has 1 aromatic carbocycles. The van der Waals surface area contributed by atoms with E-state index in [-0.39, 0.29) is 42.2 Å². The first-order chi connectivity index (χ1) is 11.9. The lowest BCUT2D eigenvalue weighted by Gasteiger charge is -2.31. The summed E-state index contributed by atoms with van der Waals surface area (Å²) in [7, 11) is 0. The number of likely N-dealkylation sites (tertiary alicyclic amines) is 1. The molecule has 1 aliphatic rings. The van der Waals surface area contributed by atoms with Crippen LogP contribution in [0.15, 0.2) is 30.2 Å². The minimum Gasteiger partial charge on any atom is -0.449 e. The van der Waals surface area contributed by atoms with Crippen LogP contribution in [0.1, 0.15) is 45.0 Å². The standard InChI is InChI=1S/C17H25NO2/c1-2-3-13-20-17(19)18-11-9-16(10-12-18)14-15-7-5-4-6-8-15/h4-8,16H,2-3,9-14H2,1H3/i4D,5D,6D,7D,8D. The van der Waals surface area contributed by atoms with Crippen molar-refractivity contribution in [3.8, 4) is 0 Å². The third kappa shape index (κ3) is 4.55. The largest absolute Gasteiger partial charge is 0.449 e. The van der Waals surface area contributed by atoms with Crippen molar-refractivity contribution in [2.45, 2.75) is 39.0 Å². The van der Waals surface area contributed by atoms with Crippen molar-refractivity contribution >= 4 is 6.09 Å². The third-order valence-electron chi connectivity index (χ3n) is 3.64. The van der Waals surface area contributed by atoms with Gasteiger partial charge in [-0.25, -0.2) is 4.79 Å². The van der Waals surface area contributed by atoms with E-state index < -0.39 is 0 Å². The summed E-state index contributed by atoms with van der Waals surface area (Å²) >= 11 is 0. The fourth-order valence-corrected chi connectivity index (χ4v) is 2.38. The van der Waals surface area contributed by atoms with Crippen LogP contribution in [-0.4, -0.2) is 30.7 Å². The molecule has 0 aliphatic carbocycles. The Balaban J connectivity index is 1.96. The number of benzene rings is 1. The van der Waals surface area contributed by atoms with E-state index in [0.717, 1.165) is 25.7 Å². The maximum absolute atomic E-state index is 11.9. The summed E-state index contributed by atoms with van der Waals surface area (Å²) in [6, 6.07) is -1.16. The van der Waals surface area contributed by atoms with Crippen molar-refractivity contribution in [1.82, 2.24) is 4.90 Å². The van der Waals surface area contributed by atoms with E-state index in [1.165, 1.54) is 0 Å². The Labute approximate surface area is 128 Å². The molecular formula is C17H25NO2. The van der Waals surface area contributed by atoms with Crippen LogP contribution in [0, 0.1) is 5.92 Å². The Morgan fingerprint density at radius 3 is 2.70 bits per heavy atom. The van der Waals surface area contributed by atoms with E-state index in [2.05, 4.69) is 0 Å². The first-order valence-electron chi connectivity index (χ1n) is 9.84. The van der Waals surface area contributed by atoms with Crippen LogP contribution in [0.2, 0.25) is 0 Å². The van der Waals surface area contributed by atoms with Crippen molar-refractivity contribution in [2.75, 3.05) is 19.7 Å². The lowest BCUT2D eigenvalue weighted by Crippen LogP contribution is -2.39. The second-order valence-corrected chi connectivity index (χ2v) is 5.21. The Hall–Kier alpha value is -1.51. The molecule has 1 aromatic rings. The van der Waals surface area contributed by atoms with Gasteiger partial charge in [0.05, 0.1) is 13.5 Å². The van der Waals surface area contributed by atoms with Gasteiger partial charge >= 0.3 is 6.09 Å². The quantitative estimate of drug-likeness (QED) is 0.766. The van der Waals surface area contributed by atoms with Crippen LogP contribution in [0.3, 0.4) is 0 Å². The molecule has 110 valence electrons. The maximum atomic E-state index is 11.9. The molecule has 1 fully saturated rings. The lowest BCUT2D eigenvalue weighted by atomic mass is 9.90. The summed E-state index contributed by atoms with van der Waals surface area (Å²) in [6.45, 7) is 3.64. The smallest absolute Gasteiger partial charge is 0.409 e. The summed E-state index contributed by atoms with van der Waals surface area (Å²) in [5.41, 5.74) is 0.370. The SMILES string of the molecule is [2H]c1c([2H])c([2H])c(CC2CCN(C(=O)OCCCC)CC2)c([2H])c1[2H]. The van der Waals surface area contributed by atoms with Gasteiger partial charge in [0.15, 0.2) is 0 Å². The van der Waals surface area contributed by atoms with Crippen LogP contribution >= 0.6 is 0 Å². The first kappa shape index (κ1) is 9.43. The average Bonchev–Trinajstić information content (AvgIpc) is 2.62. The zero-order chi connectivity index (χ0) is 18.6. The highest BCUT2D eigenvalue weighted by Crippen LogP contribution is 2.22. The second-order valence-electron chi connectivity index (χ2n) is 5.21. The van der Waals surface area contributed by atoms with Gasteiger partial charge in [-0.15, -0.1) is 0 Å². The molecule has 1 aliphatic heterocycles. The Morgan fingerprint density at radius 2 is 2.05 bits per heavy atom. The van der Waals surface area contributed by atoms with Crippen molar-refractivity contribution < 1.29 is 16.4 Å². The number of nitrogens with zero attached hydrogens (tertiary/aromatic N) is 1. The van der Waals surface area contributed by atoms with Gasteiger partial charge in [-0.1, -0.05) is 43.6 Å². The van der Waals surface area contributed by atoms with E-state index in [0.29, 0.717) is 31.7 Å². The molecule has 0 spiro atoms. The van der Waals surface area contributed by atoms with Crippen LogP contribution in [-0.2, 0) is 11.2 Å². The second kappa shape index (κ2) is 7.93. The van der Waals surface area contributed by atoms with E-state index in [4.69, 9.17) is 11.6 Å². The summed E-state index contributed by atoms with van der Waals surface area (Å²) in [5, 5.41) is 0. The van der Waals surface area contributed by atoms with Crippen molar-refractivity contribution in [2.24, 2.45) is 5.92 Å². The zero-order valence-electron chi connectivity index (χ0n) is 17.0. The molecule has 20 heavy (non-hydrogen) atoms. The highest BCUT2D eigenvalue weighted by molar-refractivity contribution is 5.67. The highest BCUT2D eigenvalue weighted by atomic mass is 16.6. The van der Waals surface area contributed by atoms with Crippen LogP contribution in [0.4, 0.5) is 4.79 Å². The van der Waals surface area contributed by atoms with Crippen molar-refractivity contribution in [3.05, 3.63) is 35.8 Å². The third-order valence-corrected chi connectivity index (χ3v) is 3.64. The van der Waals surface area contributed by atoms with Crippen molar-refractivity contribution in [3.63, 3.8) is 0 Å². The van der Waals surface area contributed by atoms with Gasteiger partial charge in [0.25, 0.3) is 0 Å². The number of hydrogen-bond donors (Lipinski definition) is 0. The monoisotopic (exact) mass is 280 g/mol. The highest BCUT2D eigenvalue weighted by Gasteiger charge is 2.23. The lowest BCUT2D eigenvalue weighted by molar-refractivity contribution is 0.0867. The van der Waals surface area contributed by atoms with Gasteiger partial charge in [-0.2, -0.15) is 0 Å². The predicted molar refractivity (Wildman–Crippen MR) is 80.7 cm³/mol. The Morgan fingerprint density at radius 1 is 1.35 bits per heavy atom. The van der Waals surface area contributed by atoms with Gasteiger partial charge in [0.2, 0.25) is 0 Å². The summed E-state index contributed by atoms with van der Waals surface area (Å²) in [4.78, 5) is 13.6. The number of carbonyl (C=O) groups is 1. The predicted octanol–water partition coefficient (Wildman–Crippen LogP) is 3.88. The fraction of sp³-hybridized carbons (Fsp3) is 0.588.